The number of nitrogens with two attached hydrogens (primary N) is 2. The molecule has 86 valence electrons. The van der Waals surface area contributed by atoms with E-state index in [-0.39, 0.29) is 29.2 Å². The molecule has 0 fully saturated rings. The van der Waals surface area contributed by atoms with E-state index in [0.717, 1.165) is 6.07 Å². The Morgan fingerprint density at radius 1 is 1.44 bits per heavy atom. The van der Waals surface area contributed by atoms with Crippen LogP contribution in [-0.2, 0) is 4.74 Å². The van der Waals surface area contributed by atoms with Crippen LogP contribution in [0.4, 0.5) is 17.1 Å². The first kappa shape index (κ1) is 11.8. The lowest BCUT2D eigenvalue weighted by Gasteiger charge is -2.06. The van der Waals surface area contributed by atoms with Crippen LogP contribution in [-0.4, -0.2) is 17.5 Å². The Balaban J connectivity index is 3.24. The van der Waals surface area contributed by atoms with Crippen molar-refractivity contribution in [3.63, 3.8) is 0 Å². The van der Waals surface area contributed by atoms with Crippen molar-refractivity contribution in [1.29, 1.82) is 0 Å². The Bertz CT molecular complexity index is 445. The smallest absolute Gasteiger partial charge is 0.340 e. The SMILES string of the molecule is CCOC(=O)c1cc([N+](=O)[O-])c(N)cc1N. The van der Waals surface area contributed by atoms with Crippen LogP contribution in [0.5, 0.6) is 0 Å². The topological polar surface area (TPSA) is 121 Å². The summed E-state index contributed by atoms with van der Waals surface area (Å²) >= 11 is 0. The van der Waals surface area contributed by atoms with Gasteiger partial charge in [-0.05, 0) is 13.0 Å². The lowest BCUT2D eigenvalue weighted by atomic mass is 10.1. The maximum absolute atomic E-state index is 11.4. The fourth-order valence-corrected chi connectivity index (χ4v) is 1.17. The van der Waals surface area contributed by atoms with Gasteiger partial charge in [-0.2, -0.15) is 0 Å². The number of rotatable bonds is 3. The Morgan fingerprint density at radius 3 is 2.56 bits per heavy atom. The van der Waals surface area contributed by atoms with Gasteiger partial charge in [-0.1, -0.05) is 0 Å². The van der Waals surface area contributed by atoms with Crippen molar-refractivity contribution in [2.45, 2.75) is 6.92 Å². The number of carbonyl (C=O) groups is 1. The van der Waals surface area contributed by atoms with E-state index in [2.05, 4.69) is 0 Å². The van der Waals surface area contributed by atoms with E-state index in [1.807, 2.05) is 0 Å². The molecule has 4 N–H and O–H groups in total. The number of nitro benzene ring substituents is 1. The van der Waals surface area contributed by atoms with Gasteiger partial charge >= 0.3 is 5.97 Å². The molecule has 1 aromatic carbocycles. The van der Waals surface area contributed by atoms with Crippen molar-refractivity contribution in [2.24, 2.45) is 0 Å². The summed E-state index contributed by atoms with van der Waals surface area (Å²) in [7, 11) is 0. The van der Waals surface area contributed by atoms with E-state index in [1.165, 1.54) is 6.07 Å². The van der Waals surface area contributed by atoms with Gasteiger partial charge in [-0.25, -0.2) is 4.79 Å². The number of hydrogen-bond donors (Lipinski definition) is 2. The normalized spacial score (nSPS) is 9.81. The minimum atomic E-state index is -0.705. The van der Waals surface area contributed by atoms with E-state index in [4.69, 9.17) is 16.2 Å². The Hall–Kier alpha value is -2.31. The number of anilines is 2. The third-order valence-corrected chi connectivity index (χ3v) is 1.89. The van der Waals surface area contributed by atoms with Gasteiger partial charge in [0.25, 0.3) is 5.69 Å². The molecule has 0 aliphatic heterocycles. The zero-order chi connectivity index (χ0) is 12.3. The standard InChI is InChI=1S/C9H11N3O4/c1-2-16-9(13)5-3-8(12(14)15)7(11)4-6(5)10/h3-4H,2,10-11H2,1H3. The summed E-state index contributed by atoms with van der Waals surface area (Å²) in [5.41, 5.74) is 10.5. The van der Waals surface area contributed by atoms with Gasteiger partial charge in [0.2, 0.25) is 0 Å². The van der Waals surface area contributed by atoms with Crippen molar-refractivity contribution in [3.05, 3.63) is 27.8 Å². The highest BCUT2D eigenvalue weighted by Crippen LogP contribution is 2.27. The van der Waals surface area contributed by atoms with E-state index in [1.54, 1.807) is 6.92 Å². The van der Waals surface area contributed by atoms with Gasteiger partial charge in [0.15, 0.2) is 0 Å². The number of esters is 1. The molecule has 7 nitrogen and oxygen atoms in total. The average molecular weight is 225 g/mol. The van der Waals surface area contributed by atoms with E-state index in [0.29, 0.717) is 0 Å². The Labute approximate surface area is 91.1 Å². The molecular weight excluding hydrogens is 214 g/mol. The first-order valence-electron chi connectivity index (χ1n) is 4.47. The molecule has 0 saturated carbocycles. The molecule has 16 heavy (non-hydrogen) atoms. The average Bonchev–Trinajstić information content (AvgIpc) is 2.17. The lowest BCUT2D eigenvalue weighted by Crippen LogP contribution is -2.09. The summed E-state index contributed by atoms with van der Waals surface area (Å²) in [5.74, 6) is -0.705. The van der Waals surface area contributed by atoms with Gasteiger partial charge in [-0.3, -0.25) is 10.1 Å². The van der Waals surface area contributed by atoms with Crippen LogP contribution < -0.4 is 11.5 Å². The summed E-state index contributed by atoms with van der Waals surface area (Å²) in [5, 5.41) is 10.6. The molecule has 0 atom stereocenters. The predicted octanol–water partition coefficient (Wildman–Crippen LogP) is 0.936. The van der Waals surface area contributed by atoms with Gasteiger partial charge in [0.1, 0.15) is 5.69 Å². The van der Waals surface area contributed by atoms with Crippen LogP contribution in [0, 0.1) is 10.1 Å². The zero-order valence-corrected chi connectivity index (χ0v) is 8.60. The maximum Gasteiger partial charge on any atom is 0.340 e. The highest BCUT2D eigenvalue weighted by atomic mass is 16.6. The van der Waals surface area contributed by atoms with E-state index in [9.17, 15) is 14.9 Å². The molecule has 0 aliphatic rings. The third kappa shape index (κ3) is 2.19. The second kappa shape index (κ2) is 4.47. The first-order chi connectivity index (χ1) is 7.47. The minimum absolute atomic E-state index is 0.0530. The molecule has 0 unspecified atom stereocenters. The molecule has 0 radical (unpaired) electrons. The van der Waals surface area contributed by atoms with Crippen LogP contribution in [0.1, 0.15) is 17.3 Å². The molecule has 1 aromatic rings. The molecule has 7 heteroatoms. The van der Waals surface area contributed by atoms with E-state index < -0.39 is 10.9 Å². The molecule has 0 aromatic heterocycles. The Kier molecular flexibility index (Phi) is 3.29. The number of carbonyl (C=O) groups excluding carboxylic acids is 1. The number of ether oxygens (including phenoxy) is 1. The third-order valence-electron chi connectivity index (χ3n) is 1.89. The number of nitrogens with zero attached hydrogens (tertiary/aromatic N) is 1. The summed E-state index contributed by atoms with van der Waals surface area (Å²) in [4.78, 5) is 21.3. The molecule has 0 bridgehead atoms. The molecule has 0 saturated heterocycles. The van der Waals surface area contributed by atoms with Gasteiger partial charge in [-0.15, -0.1) is 0 Å². The molecule has 0 heterocycles. The van der Waals surface area contributed by atoms with Crippen molar-refractivity contribution in [3.8, 4) is 0 Å². The fourth-order valence-electron chi connectivity index (χ4n) is 1.17. The fraction of sp³-hybridized carbons (Fsp3) is 0.222. The second-order valence-corrected chi connectivity index (χ2v) is 2.98. The minimum Gasteiger partial charge on any atom is -0.462 e. The summed E-state index contributed by atoms with van der Waals surface area (Å²) < 4.78 is 4.70. The number of hydrogen-bond acceptors (Lipinski definition) is 6. The van der Waals surface area contributed by atoms with Crippen LogP contribution in [0.15, 0.2) is 12.1 Å². The highest BCUT2D eigenvalue weighted by Gasteiger charge is 2.19. The number of nitrogen functional groups attached to an aromatic ring is 2. The molecule has 0 aliphatic carbocycles. The van der Waals surface area contributed by atoms with Crippen LogP contribution >= 0.6 is 0 Å². The molecule has 0 amide bonds. The second-order valence-electron chi connectivity index (χ2n) is 2.98. The van der Waals surface area contributed by atoms with Crippen molar-refractivity contribution >= 4 is 23.0 Å². The summed E-state index contributed by atoms with van der Waals surface area (Å²) in [6, 6.07) is 2.19. The number of benzene rings is 1. The molecule has 0 spiro atoms. The zero-order valence-electron chi connectivity index (χ0n) is 8.60. The van der Waals surface area contributed by atoms with Crippen LogP contribution in [0.25, 0.3) is 0 Å². The summed E-state index contributed by atoms with van der Waals surface area (Å²) in [6.45, 7) is 1.79. The van der Waals surface area contributed by atoms with Gasteiger partial charge in [0, 0.05) is 11.8 Å². The molecular formula is C9H11N3O4. The Morgan fingerprint density at radius 2 is 2.06 bits per heavy atom. The van der Waals surface area contributed by atoms with Crippen molar-refractivity contribution in [2.75, 3.05) is 18.1 Å². The highest BCUT2D eigenvalue weighted by molar-refractivity contribution is 5.97. The maximum atomic E-state index is 11.4. The van der Waals surface area contributed by atoms with Crippen molar-refractivity contribution < 1.29 is 14.5 Å². The monoisotopic (exact) mass is 225 g/mol. The van der Waals surface area contributed by atoms with Crippen LogP contribution in [0.2, 0.25) is 0 Å². The predicted molar refractivity (Wildman–Crippen MR) is 57.9 cm³/mol. The largest absolute Gasteiger partial charge is 0.462 e. The van der Waals surface area contributed by atoms with Gasteiger partial charge < -0.3 is 16.2 Å². The quantitative estimate of drug-likeness (QED) is 0.341. The van der Waals surface area contributed by atoms with Gasteiger partial charge in [0.05, 0.1) is 17.1 Å². The number of nitro groups is 1. The van der Waals surface area contributed by atoms with Crippen molar-refractivity contribution in [1.82, 2.24) is 0 Å². The first-order valence-corrected chi connectivity index (χ1v) is 4.47. The molecule has 1 rings (SSSR count). The van der Waals surface area contributed by atoms with Crippen LogP contribution in [0.3, 0.4) is 0 Å². The van der Waals surface area contributed by atoms with E-state index >= 15 is 0 Å². The lowest BCUT2D eigenvalue weighted by molar-refractivity contribution is -0.383. The summed E-state index contributed by atoms with van der Waals surface area (Å²) in [6.07, 6.45) is 0.